The van der Waals surface area contributed by atoms with Crippen LogP contribution in [-0.2, 0) is 9.47 Å². The third-order valence-electron chi connectivity index (χ3n) is 14.8. The molecule has 7 heteroatoms. The molecular formula is C44H61ClN2O3S. The van der Waals surface area contributed by atoms with Crippen LogP contribution in [0, 0.1) is 46.3 Å². The third-order valence-corrected chi connectivity index (χ3v) is 16.2. The summed E-state index contributed by atoms with van der Waals surface area (Å²) < 4.78 is 13.3. The highest BCUT2D eigenvalue weighted by Gasteiger charge is 2.67. The third kappa shape index (κ3) is 6.34. The number of anilines is 2. The second-order valence-corrected chi connectivity index (χ2v) is 19.7. The van der Waals surface area contributed by atoms with E-state index < -0.39 is 0 Å². The number of hydrogen-bond acceptors (Lipinski definition) is 6. The van der Waals surface area contributed by atoms with Crippen LogP contribution in [0.3, 0.4) is 0 Å². The van der Waals surface area contributed by atoms with Crippen molar-refractivity contribution in [3.05, 3.63) is 59.1 Å². The molecule has 11 atom stereocenters. The fraction of sp³-hybridized carbons (Fsp3) is 0.682. The summed E-state index contributed by atoms with van der Waals surface area (Å²) in [6.45, 7) is 12.8. The first-order valence-corrected chi connectivity index (χ1v) is 21.3. The molecule has 5 nitrogen and oxygen atoms in total. The van der Waals surface area contributed by atoms with E-state index in [2.05, 4.69) is 94.1 Å². The summed E-state index contributed by atoms with van der Waals surface area (Å²) >= 11 is 8.03. The number of halogens is 1. The number of aliphatic hydroxyl groups is 1. The number of nitrogens with zero attached hydrogens (tertiary/aromatic N) is 2. The second-order valence-electron chi connectivity index (χ2n) is 18.2. The lowest BCUT2D eigenvalue weighted by Gasteiger charge is -2.57. The van der Waals surface area contributed by atoms with Gasteiger partial charge in [0.15, 0.2) is 5.79 Å². The van der Waals surface area contributed by atoms with Gasteiger partial charge in [-0.15, -0.1) is 0 Å². The van der Waals surface area contributed by atoms with E-state index in [1.54, 1.807) is 5.57 Å². The smallest absolute Gasteiger partial charge is 0.171 e. The molecule has 2 saturated heterocycles. The van der Waals surface area contributed by atoms with Gasteiger partial charge in [-0.2, -0.15) is 0 Å². The molecule has 4 aliphatic carbocycles. The Labute approximate surface area is 316 Å². The minimum Gasteiger partial charge on any atom is -0.393 e. The number of aliphatic hydroxyl groups excluding tert-OH is 1. The van der Waals surface area contributed by atoms with Crippen LogP contribution in [0.2, 0.25) is 5.02 Å². The van der Waals surface area contributed by atoms with Gasteiger partial charge in [0.1, 0.15) is 0 Å². The number of ether oxygens (including phenoxy) is 2. The number of para-hydroxylation sites is 1. The zero-order valence-electron chi connectivity index (χ0n) is 31.9. The summed E-state index contributed by atoms with van der Waals surface area (Å²) in [5, 5.41) is 11.1. The van der Waals surface area contributed by atoms with Gasteiger partial charge >= 0.3 is 0 Å². The summed E-state index contributed by atoms with van der Waals surface area (Å²) in [6.07, 6.45) is 14.7. The summed E-state index contributed by atoms with van der Waals surface area (Å²) in [6, 6.07) is 14.8. The van der Waals surface area contributed by atoms with Crippen molar-refractivity contribution in [2.75, 3.05) is 38.7 Å². The lowest BCUT2D eigenvalue weighted by molar-refractivity contribution is -0.272. The normalized spacial score (nSPS) is 40.6. The first-order chi connectivity index (χ1) is 24.4. The molecule has 5 fully saturated rings. The predicted octanol–water partition coefficient (Wildman–Crippen LogP) is 10.6. The Bertz CT molecular complexity index is 1620. The fourth-order valence-corrected chi connectivity index (χ4v) is 13.4. The van der Waals surface area contributed by atoms with Crippen LogP contribution in [0.5, 0.6) is 0 Å². The molecule has 278 valence electrons. The Morgan fingerprint density at radius 1 is 0.980 bits per heavy atom. The van der Waals surface area contributed by atoms with E-state index in [-0.39, 0.29) is 11.9 Å². The molecule has 0 amide bonds. The van der Waals surface area contributed by atoms with Crippen LogP contribution < -0.4 is 4.90 Å². The first-order valence-electron chi connectivity index (χ1n) is 20.1. The highest BCUT2D eigenvalue weighted by atomic mass is 35.5. The molecule has 0 bridgehead atoms. The van der Waals surface area contributed by atoms with Crippen molar-refractivity contribution in [1.29, 1.82) is 0 Å². The van der Waals surface area contributed by atoms with Gasteiger partial charge in [0.2, 0.25) is 0 Å². The predicted molar refractivity (Wildman–Crippen MR) is 210 cm³/mol. The molecule has 3 saturated carbocycles. The standard InChI is InChI=1S/C27H42O3.C17H19ClN2S/c1-16-7-12-27(29-15-16)17(2)24-23(30-27)14-22-20-6-5-18-13-19(28)8-10-25(18,3)21(20)9-11-26(22,24)4;1-19(2)10-5-11-20-14-6-3-4-7-16(14)21-17-9-8-13(18)12-15(17)20/h9,16-20,22-24,28H,5-8,10-15H2,1-4H3;3-4,6-9,12H,5,10-11H2,1-2H3. The highest BCUT2D eigenvalue weighted by Crippen LogP contribution is 2.70. The second kappa shape index (κ2) is 13.9. The lowest BCUT2D eigenvalue weighted by Crippen LogP contribution is -2.50. The maximum Gasteiger partial charge on any atom is 0.171 e. The number of hydrogen-bond donors (Lipinski definition) is 1. The molecule has 7 aliphatic rings. The average Bonchev–Trinajstić information content (AvgIpc) is 3.55. The summed E-state index contributed by atoms with van der Waals surface area (Å²) in [5.74, 6) is 3.68. The van der Waals surface area contributed by atoms with Crippen molar-refractivity contribution in [2.24, 2.45) is 46.3 Å². The Hall–Kier alpha value is -1.54. The van der Waals surface area contributed by atoms with E-state index in [1.165, 1.54) is 59.7 Å². The lowest BCUT2D eigenvalue weighted by atomic mass is 9.48. The highest BCUT2D eigenvalue weighted by molar-refractivity contribution is 7.99. The van der Waals surface area contributed by atoms with Gasteiger partial charge < -0.3 is 24.4 Å². The SMILES string of the molecule is CC1CCC2(OC1)OC1CC3C4CCC5CC(O)CCC5(C)C4=CCC3(C)C1C2C.CN(C)CCCN1c2ccccc2Sc2ccc(Cl)cc21. The monoisotopic (exact) mass is 732 g/mol. The average molecular weight is 734 g/mol. The molecule has 1 spiro atoms. The molecule has 1 N–H and O–H groups in total. The number of allylic oxidation sites excluding steroid dienone is 2. The molecule has 0 radical (unpaired) electrons. The number of fused-ring (bicyclic) bond motifs is 9. The molecule has 2 aromatic carbocycles. The van der Waals surface area contributed by atoms with Crippen LogP contribution in [0.15, 0.2) is 63.9 Å². The van der Waals surface area contributed by atoms with Crippen molar-refractivity contribution in [1.82, 2.24) is 4.90 Å². The maximum absolute atomic E-state index is 10.3. The zero-order valence-corrected chi connectivity index (χ0v) is 33.4. The van der Waals surface area contributed by atoms with Crippen LogP contribution in [0.25, 0.3) is 0 Å². The van der Waals surface area contributed by atoms with E-state index >= 15 is 0 Å². The van der Waals surface area contributed by atoms with Gasteiger partial charge in [0.25, 0.3) is 0 Å². The Morgan fingerprint density at radius 3 is 2.57 bits per heavy atom. The molecule has 51 heavy (non-hydrogen) atoms. The summed E-state index contributed by atoms with van der Waals surface area (Å²) in [4.78, 5) is 7.22. The van der Waals surface area contributed by atoms with Crippen molar-refractivity contribution in [3.63, 3.8) is 0 Å². The minimum atomic E-state index is -0.303. The van der Waals surface area contributed by atoms with E-state index in [1.807, 2.05) is 17.8 Å². The van der Waals surface area contributed by atoms with Crippen molar-refractivity contribution < 1.29 is 14.6 Å². The van der Waals surface area contributed by atoms with Gasteiger partial charge in [0, 0.05) is 33.7 Å². The quantitative estimate of drug-likeness (QED) is 0.316. The van der Waals surface area contributed by atoms with Crippen LogP contribution >= 0.6 is 23.4 Å². The molecule has 11 unspecified atom stereocenters. The van der Waals surface area contributed by atoms with Crippen LogP contribution in [-0.4, -0.2) is 61.8 Å². The number of rotatable bonds is 4. The van der Waals surface area contributed by atoms with Gasteiger partial charge in [-0.25, -0.2) is 0 Å². The van der Waals surface area contributed by atoms with Gasteiger partial charge in [-0.05, 0) is 149 Å². The van der Waals surface area contributed by atoms with E-state index in [0.717, 1.165) is 62.2 Å². The Morgan fingerprint density at radius 2 is 1.78 bits per heavy atom. The molecule has 3 aliphatic heterocycles. The van der Waals surface area contributed by atoms with Gasteiger partial charge in [-0.1, -0.05) is 74.8 Å². The molecule has 2 aromatic rings. The fourth-order valence-electron chi connectivity index (χ4n) is 12.1. The van der Waals surface area contributed by atoms with Gasteiger partial charge in [0.05, 0.1) is 30.2 Å². The largest absolute Gasteiger partial charge is 0.393 e. The van der Waals surface area contributed by atoms with Crippen LogP contribution in [0.4, 0.5) is 11.4 Å². The first kappa shape index (κ1) is 36.4. The van der Waals surface area contributed by atoms with E-state index in [9.17, 15) is 5.11 Å². The van der Waals surface area contributed by atoms with Crippen molar-refractivity contribution in [3.8, 4) is 0 Å². The van der Waals surface area contributed by atoms with Crippen molar-refractivity contribution in [2.45, 2.75) is 120 Å². The summed E-state index contributed by atoms with van der Waals surface area (Å²) in [7, 11) is 4.23. The zero-order chi connectivity index (χ0) is 35.7. The maximum atomic E-state index is 10.3. The van der Waals surface area contributed by atoms with Gasteiger partial charge in [-0.3, -0.25) is 0 Å². The minimum absolute atomic E-state index is 0.0661. The topological polar surface area (TPSA) is 45.2 Å². The van der Waals surface area contributed by atoms with Crippen molar-refractivity contribution >= 4 is 34.7 Å². The Balaban J connectivity index is 0.000000157. The van der Waals surface area contributed by atoms with E-state index in [0.29, 0.717) is 40.6 Å². The van der Waals surface area contributed by atoms with E-state index in [4.69, 9.17) is 21.1 Å². The Kier molecular flexibility index (Phi) is 9.97. The molecule has 3 heterocycles. The molecular weight excluding hydrogens is 672 g/mol. The summed E-state index contributed by atoms with van der Waals surface area (Å²) in [5.41, 5.74) is 4.97. The molecule has 9 rings (SSSR count). The number of benzene rings is 2. The van der Waals surface area contributed by atoms with Crippen LogP contribution in [0.1, 0.15) is 91.9 Å². The molecule has 0 aromatic heterocycles.